The first-order chi connectivity index (χ1) is 10.9. The molecule has 0 radical (unpaired) electrons. The Bertz CT molecular complexity index is 1240. The molecule has 1 spiro atoms. The van der Waals surface area contributed by atoms with Gasteiger partial charge < -0.3 is 0 Å². The average Bonchev–Trinajstić information content (AvgIpc) is 3.47. The van der Waals surface area contributed by atoms with Crippen LogP contribution >= 0.6 is 0 Å². The van der Waals surface area contributed by atoms with E-state index < -0.39 is 6.51 Å². The Kier molecular flexibility index (Phi) is 0.386. The van der Waals surface area contributed by atoms with Gasteiger partial charge in [-0.25, -0.2) is 0 Å². The van der Waals surface area contributed by atoms with Crippen molar-refractivity contribution in [3.05, 3.63) is 0 Å². The van der Waals surface area contributed by atoms with Gasteiger partial charge in [-0.2, -0.15) is 0 Å². The van der Waals surface area contributed by atoms with E-state index in [1.807, 2.05) is 0 Å². The van der Waals surface area contributed by atoms with Crippen LogP contribution in [0.3, 0.4) is 0 Å². The Morgan fingerprint density at radius 1 is 0.696 bits per heavy atom. The van der Waals surface area contributed by atoms with Crippen LogP contribution in [0.5, 0.6) is 0 Å². The van der Waals surface area contributed by atoms with Crippen LogP contribution < -0.4 is 0 Å². The molecule has 10 heterocycles. The van der Waals surface area contributed by atoms with Crippen molar-refractivity contribution < 1.29 is 16.7 Å². The summed E-state index contributed by atoms with van der Waals surface area (Å²) < 4.78 is -0.242. The molecule has 2 nitrogen and oxygen atoms in total. The zero-order valence-electron chi connectivity index (χ0n) is 13.2. The average molecular weight is 352 g/mol. The molecule has 5 atom stereocenters. The van der Waals surface area contributed by atoms with Crippen molar-refractivity contribution in [2.45, 2.75) is 79.1 Å². The van der Waals surface area contributed by atoms with Gasteiger partial charge in [0.2, 0.25) is 0 Å². The Hall–Kier alpha value is 0.439. The van der Waals surface area contributed by atoms with Crippen LogP contribution in [-0.2, 0) is 6.51 Å². The van der Waals surface area contributed by atoms with Crippen molar-refractivity contribution in [1.82, 2.24) is 0 Å². The molecule has 4 bridgehead atoms. The Morgan fingerprint density at radius 3 is 1.52 bits per heavy atom. The van der Waals surface area contributed by atoms with Crippen LogP contribution in [0.25, 0.3) is 0 Å². The van der Waals surface area contributed by atoms with Crippen LogP contribution in [-0.4, -0.2) is 19.2 Å². The number of aliphatic hydroxyl groups is 2. The fraction of sp³-hybridized carbons (Fsp3) is 1.00. The Labute approximate surface area is 125 Å². The van der Waals surface area contributed by atoms with Crippen LogP contribution in [0, 0.1) is 29.6 Å². The van der Waals surface area contributed by atoms with Crippen LogP contribution in [0.1, 0.15) is 32.1 Å². The van der Waals surface area contributed by atoms with Crippen molar-refractivity contribution in [3.63, 3.8) is 0 Å². The predicted molar refractivity (Wildman–Crippen MR) is 79.4 cm³/mol. The van der Waals surface area contributed by atoms with Gasteiger partial charge in [0.05, 0.1) is 0 Å². The molecule has 0 aromatic heterocycles. The minimum atomic E-state index is -4.01. The van der Waals surface area contributed by atoms with Crippen molar-refractivity contribution >= 4 is 0 Å². The third-order valence-corrected chi connectivity index (χ3v) is 62.3. The fourth-order valence-electron chi connectivity index (χ4n) is 22.3. The molecular weight excluding hydrogens is 328 g/mol. The molecule has 10 saturated heterocycles. The van der Waals surface area contributed by atoms with Gasteiger partial charge >= 0.3 is 125 Å². The molecule has 0 aromatic rings. The van der Waals surface area contributed by atoms with Crippen molar-refractivity contribution in [3.8, 4) is 0 Å². The standard InChI is InChI=1S/C15H19O2.C5H5.Fe/c16-13-2-1-12(15(13)17)14-10-4-8-3-9(6-10)7-11(14)5-8;1-2-4-5-3-1;/h1-2,8-11,14,16-17H,3-7H2;1-5H;. The first kappa shape index (κ1) is 9.40. The van der Waals surface area contributed by atoms with Crippen molar-refractivity contribution in [2.24, 2.45) is 29.6 Å². The van der Waals surface area contributed by atoms with E-state index in [1.165, 1.54) is 25.7 Å². The first-order valence-electron chi connectivity index (χ1n) is 10.5. The number of hydrogen-bond donors (Lipinski definition) is 2. The predicted octanol–water partition coefficient (Wildman–Crippen LogP) is 3.62. The van der Waals surface area contributed by atoms with Gasteiger partial charge in [-0.3, -0.25) is 0 Å². The molecule has 5 unspecified atom stereocenters. The summed E-state index contributed by atoms with van der Waals surface area (Å²) in [6, 6.07) is 0. The van der Waals surface area contributed by atoms with E-state index in [4.69, 9.17) is 0 Å². The summed E-state index contributed by atoms with van der Waals surface area (Å²) in [5.41, 5.74) is 0. The van der Waals surface area contributed by atoms with E-state index in [1.54, 1.807) is 6.42 Å². The molecule has 0 aromatic carbocycles. The van der Waals surface area contributed by atoms with Crippen LogP contribution in [0.2, 0.25) is 38.0 Å². The summed E-state index contributed by atoms with van der Waals surface area (Å²) in [5.74, 6) is 5.00. The van der Waals surface area contributed by atoms with Gasteiger partial charge in [-0.15, -0.1) is 0 Å². The molecule has 14 rings (SSSR count). The maximum atomic E-state index is 12.3. The maximum absolute atomic E-state index is 12.3. The summed E-state index contributed by atoms with van der Waals surface area (Å²) in [6.45, 7) is -4.01. The molecule has 14 aliphatic rings. The normalized spacial score (nSPS) is 122. The van der Waals surface area contributed by atoms with Gasteiger partial charge in [-0.05, 0) is 0 Å². The van der Waals surface area contributed by atoms with E-state index >= 15 is 0 Å². The van der Waals surface area contributed by atoms with E-state index in [9.17, 15) is 10.2 Å². The molecule has 14 fully saturated rings. The van der Waals surface area contributed by atoms with E-state index in [2.05, 4.69) is 0 Å². The zero-order valence-corrected chi connectivity index (χ0v) is 14.3. The van der Waals surface area contributed by atoms with E-state index in [-0.39, 0.29) is 9.00 Å². The fourth-order valence-corrected chi connectivity index (χ4v) is 96.7. The number of rotatable bonds is 1. The van der Waals surface area contributed by atoms with E-state index in [0.29, 0.717) is 4.31 Å². The summed E-state index contributed by atoms with van der Waals surface area (Å²) in [6.07, 6.45) is 7.63. The van der Waals surface area contributed by atoms with Crippen molar-refractivity contribution in [1.29, 1.82) is 0 Å². The third kappa shape index (κ3) is 0.124. The number of fused-ring (bicyclic) bond motifs is 11. The molecular formula is C20H24FeO2. The first-order valence-corrected chi connectivity index (χ1v) is 16.6. The third-order valence-electron chi connectivity index (χ3n) is 19.7. The molecule has 4 saturated carbocycles. The van der Waals surface area contributed by atoms with Crippen LogP contribution in [0.4, 0.5) is 0 Å². The van der Waals surface area contributed by atoms with Crippen LogP contribution in [0.15, 0.2) is 0 Å². The van der Waals surface area contributed by atoms with Gasteiger partial charge in [0.1, 0.15) is 0 Å². The summed E-state index contributed by atoms with van der Waals surface area (Å²) in [4.78, 5) is 6.89. The summed E-state index contributed by atoms with van der Waals surface area (Å²) >= 11 is 0. The summed E-state index contributed by atoms with van der Waals surface area (Å²) in [7, 11) is 0. The topological polar surface area (TPSA) is 40.5 Å². The monoisotopic (exact) mass is 352 g/mol. The second kappa shape index (κ2) is 0.946. The Morgan fingerprint density at radius 2 is 1.22 bits per heavy atom. The van der Waals surface area contributed by atoms with Gasteiger partial charge in [0.25, 0.3) is 0 Å². The molecule has 0 amide bonds. The second-order valence-electron chi connectivity index (χ2n) is 14.8. The zero-order chi connectivity index (χ0) is 14.3. The van der Waals surface area contributed by atoms with Gasteiger partial charge in [-0.1, -0.05) is 0 Å². The SMILES string of the molecule is O[C]12[CH]3[CH]4[C]5(C6C7CC8CC(C7)CC6C8)[C]1(O)[Fe]34251678[CH]2[CH]1[CH]6[CH]7[CH]28. The Balaban J connectivity index is 1.28. The van der Waals surface area contributed by atoms with Gasteiger partial charge in [0.15, 0.2) is 0 Å². The molecule has 4 aliphatic carbocycles. The quantitative estimate of drug-likeness (QED) is 0.708. The summed E-state index contributed by atoms with van der Waals surface area (Å²) in [5, 5.41) is 24.3. The van der Waals surface area contributed by atoms with Gasteiger partial charge in [0, 0.05) is 0 Å². The molecule has 3 heteroatoms. The molecule has 23 heavy (non-hydrogen) atoms. The second-order valence-corrected chi connectivity index (χ2v) is 37.6. The minimum absolute atomic E-state index is 0.351. The molecule has 2 N–H and O–H groups in total. The number of hydrogen-bond acceptors (Lipinski definition) is 2. The van der Waals surface area contributed by atoms with E-state index in [0.717, 1.165) is 63.3 Å². The van der Waals surface area contributed by atoms with Crippen molar-refractivity contribution in [2.75, 3.05) is 0 Å². The molecule has 124 valence electrons. The molecule has 10 aliphatic heterocycles.